The average Bonchev–Trinajstić information content (AvgIpc) is 3.45. The minimum Gasteiger partial charge on any atom is -0.487 e. The molecule has 1 aromatic carbocycles. The predicted molar refractivity (Wildman–Crippen MR) is 129 cm³/mol. The van der Waals surface area contributed by atoms with Crippen LogP contribution in [0.2, 0.25) is 0 Å². The van der Waals surface area contributed by atoms with Crippen LogP contribution >= 0.6 is 11.3 Å². The molecule has 0 unspecified atom stereocenters. The minimum absolute atomic E-state index is 0.0912. The molecule has 0 saturated heterocycles. The second-order valence-electron chi connectivity index (χ2n) is 8.81. The van der Waals surface area contributed by atoms with E-state index < -0.39 is 34.5 Å². The number of ether oxygens (including phenoxy) is 1. The number of fused-ring (bicyclic) bond motifs is 1. The molecule has 36 heavy (non-hydrogen) atoms. The van der Waals surface area contributed by atoms with Crippen LogP contribution in [0.1, 0.15) is 24.2 Å². The van der Waals surface area contributed by atoms with E-state index in [2.05, 4.69) is 10.3 Å². The molecule has 3 aromatic heterocycles. The summed E-state index contributed by atoms with van der Waals surface area (Å²) >= 11 is 1.09. The number of hydrogen-bond donors (Lipinski definition) is 1. The lowest BCUT2D eigenvalue weighted by Gasteiger charge is -2.09. The molecular weight excluding hydrogens is 494 g/mol. The smallest absolute Gasteiger partial charge is 0.333 e. The Kier molecular flexibility index (Phi) is 5.99. The molecule has 0 spiro atoms. The fourth-order valence-electron chi connectivity index (χ4n) is 3.92. The maximum absolute atomic E-state index is 14.5. The number of aromatic nitrogens is 3. The lowest BCUT2D eigenvalue weighted by Crippen LogP contribution is -2.36. The van der Waals surface area contributed by atoms with Crippen molar-refractivity contribution in [1.82, 2.24) is 14.1 Å². The zero-order chi connectivity index (χ0) is 25.7. The summed E-state index contributed by atoms with van der Waals surface area (Å²) in [4.78, 5) is 41.8. The first-order chi connectivity index (χ1) is 17.1. The third kappa shape index (κ3) is 4.32. The number of aryl methyl sites for hydroxylation is 2. The maximum Gasteiger partial charge on any atom is 0.333 e. The van der Waals surface area contributed by atoms with Gasteiger partial charge >= 0.3 is 5.69 Å². The van der Waals surface area contributed by atoms with Gasteiger partial charge in [0.1, 0.15) is 11.1 Å². The number of amides is 1. The monoisotopic (exact) mass is 516 g/mol. The molecule has 0 bridgehead atoms. The Morgan fingerprint density at radius 3 is 2.58 bits per heavy atom. The van der Waals surface area contributed by atoms with E-state index in [4.69, 9.17) is 9.15 Å². The highest BCUT2D eigenvalue weighted by Gasteiger charge is 2.25. The van der Waals surface area contributed by atoms with E-state index in [1.54, 1.807) is 12.3 Å². The van der Waals surface area contributed by atoms with E-state index in [9.17, 15) is 23.2 Å². The van der Waals surface area contributed by atoms with Crippen molar-refractivity contribution in [1.29, 1.82) is 0 Å². The molecule has 0 atom stereocenters. The van der Waals surface area contributed by atoms with Crippen molar-refractivity contribution < 1.29 is 22.7 Å². The number of halogens is 2. The quantitative estimate of drug-likeness (QED) is 0.403. The molecule has 1 saturated carbocycles. The molecule has 1 N–H and O–H groups in total. The fraction of sp³-hybridized carbons (Fsp3) is 0.333. The van der Waals surface area contributed by atoms with Crippen LogP contribution in [0, 0.1) is 24.5 Å². The van der Waals surface area contributed by atoms with Crippen LogP contribution in [-0.4, -0.2) is 26.6 Å². The van der Waals surface area contributed by atoms with Crippen LogP contribution < -0.4 is 21.3 Å². The molecule has 0 radical (unpaired) electrons. The van der Waals surface area contributed by atoms with Gasteiger partial charge in [0.25, 0.3) is 5.56 Å². The molecule has 12 heteroatoms. The standard InChI is InChI=1S/C24H22F2N4O5S/c1-11-14(19-21(32)29(2)24(33)30(3)22(19)35-11)8-18(31)28-23-27-17(10-36-23)13-6-15(25)20(16(26)7-13)34-9-12-4-5-12/h6-7,10,12H,4-5,8-9H2,1-3H3,(H,27,28,31). The first-order valence-corrected chi connectivity index (χ1v) is 12.1. The van der Waals surface area contributed by atoms with E-state index >= 15 is 0 Å². The Balaban J connectivity index is 1.34. The van der Waals surface area contributed by atoms with Crippen LogP contribution in [0.25, 0.3) is 22.4 Å². The van der Waals surface area contributed by atoms with Crippen molar-refractivity contribution in [3.8, 4) is 17.0 Å². The second kappa shape index (κ2) is 9.01. The Morgan fingerprint density at radius 1 is 1.22 bits per heavy atom. The molecule has 3 heterocycles. The largest absolute Gasteiger partial charge is 0.487 e. The van der Waals surface area contributed by atoms with Crippen molar-refractivity contribution in [2.75, 3.05) is 11.9 Å². The van der Waals surface area contributed by atoms with Gasteiger partial charge in [-0.2, -0.15) is 0 Å². The zero-order valence-corrected chi connectivity index (χ0v) is 20.5. The lowest BCUT2D eigenvalue weighted by molar-refractivity contribution is -0.115. The number of rotatable bonds is 7. The normalized spacial score (nSPS) is 13.4. The number of nitrogens with one attached hydrogen (secondary N) is 1. The average molecular weight is 517 g/mol. The summed E-state index contributed by atoms with van der Waals surface area (Å²) in [6.07, 6.45) is 1.81. The van der Waals surface area contributed by atoms with E-state index in [0.717, 1.165) is 40.9 Å². The minimum atomic E-state index is -0.817. The zero-order valence-electron chi connectivity index (χ0n) is 19.7. The van der Waals surface area contributed by atoms with Gasteiger partial charge < -0.3 is 14.5 Å². The van der Waals surface area contributed by atoms with Crippen LogP contribution in [0.3, 0.4) is 0 Å². The highest BCUT2D eigenvalue weighted by molar-refractivity contribution is 7.14. The van der Waals surface area contributed by atoms with Crippen LogP contribution in [0.15, 0.2) is 31.5 Å². The van der Waals surface area contributed by atoms with Crippen molar-refractivity contribution in [2.45, 2.75) is 26.2 Å². The second-order valence-corrected chi connectivity index (χ2v) is 9.67. The predicted octanol–water partition coefficient (Wildman–Crippen LogP) is 3.51. The highest BCUT2D eigenvalue weighted by Crippen LogP contribution is 2.34. The van der Waals surface area contributed by atoms with Gasteiger partial charge in [-0.15, -0.1) is 11.3 Å². The number of carbonyl (C=O) groups excluding carboxylic acids is 1. The topological polar surface area (TPSA) is 108 Å². The van der Waals surface area contributed by atoms with Crippen molar-refractivity contribution in [3.05, 3.63) is 61.3 Å². The summed E-state index contributed by atoms with van der Waals surface area (Å²) in [6.45, 7) is 1.89. The summed E-state index contributed by atoms with van der Waals surface area (Å²) in [5.41, 5.74) is -0.145. The summed E-state index contributed by atoms with van der Waals surface area (Å²) in [7, 11) is 2.83. The molecule has 1 amide bonds. The Morgan fingerprint density at radius 2 is 1.92 bits per heavy atom. The van der Waals surface area contributed by atoms with Crippen molar-refractivity contribution in [2.24, 2.45) is 20.0 Å². The molecule has 0 aliphatic heterocycles. The fourth-order valence-corrected chi connectivity index (χ4v) is 4.65. The van der Waals surface area contributed by atoms with Gasteiger partial charge in [-0.1, -0.05) is 0 Å². The van der Waals surface area contributed by atoms with Crippen LogP contribution in [-0.2, 0) is 25.3 Å². The van der Waals surface area contributed by atoms with Gasteiger partial charge in [-0.05, 0) is 37.8 Å². The molecular formula is C24H22F2N4O5S. The molecule has 5 rings (SSSR count). The Hall–Kier alpha value is -3.80. The molecule has 1 aliphatic rings. The number of anilines is 1. The first-order valence-electron chi connectivity index (χ1n) is 11.2. The summed E-state index contributed by atoms with van der Waals surface area (Å²) in [6, 6.07) is 2.29. The van der Waals surface area contributed by atoms with Crippen molar-refractivity contribution >= 4 is 33.5 Å². The number of furan rings is 1. The van der Waals surface area contributed by atoms with Gasteiger partial charge in [0.2, 0.25) is 11.6 Å². The van der Waals surface area contributed by atoms with Gasteiger partial charge in [-0.3, -0.25) is 18.7 Å². The van der Waals surface area contributed by atoms with Gasteiger partial charge in [0, 0.05) is 30.6 Å². The van der Waals surface area contributed by atoms with E-state index in [1.165, 1.54) is 18.7 Å². The number of hydrogen-bond acceptors (Lipinski definition) is 7. The van der Waals surface area contributed by atoms with Crippen LogP contribution in [0.4, 0.5) is 13.9 Å². The molecule has 1 aliphatic carbocycles. The Labute approximate surface area is 206 Å². The maximum atomic E-state index is 14.5. The third-order valence-corrected chi connectivity index (χ3v) is 6.89. The number of thiazole rings is 1. The first kappa shape index (κ1) is 23.9. The third-order valence-electron chi connectivity index (χ3n) is 6.13. The SMILES string of the molecule is Cc1oc2c(c1CC(=O)Nc1nc(-c3cc(F)c(OCC4CC4)c(F)c3)cs1)c(=O)n(C)c(=O)n2C. The number of carbonyl (C=O) groups is 1. The highest BCUT2D eigenvalue weighted by atomic mass is 32.1. The summed E-state index contributed by atoms with van der Waals surface area (Å²) in [5.74, 6) is -1.82. The number of benzene rings is 1. The summed E-state index contributed by atoms with van der Waals surface area (Å²) < 4.78 is 42.0. The van der Waals surface area contributed by atoms with Crippen molar-refractivity contribution in [3.63, 3.8) is 0 Å². The van der Waals surface area contributed by atoms with Gasteiger partial charge in [0.15, 0.2) is 22.5 Å². The van der Waals surface area contributed by atoms with E-state index in [0.29, 0.717) is 17.2 Å². The lowest BCUT2D eigenvalue weighted by atomic mass is 10.1. The van der Waals surface area contributed by atoms with E-state index in [1.807, 2.05) is 0 Å². The van der Waals surface area contributed by atoms with Crippen LogP contribution in [0.5, 0.6) is 5.75 Å². The molecule has 1 fully saturated rings. The molecule has 188 valence electrons. The van der Waals surface area contributed by atoms with E-state index in [-0.39, 0.29) is 40.5 Å². The molecule has 9 nitrogen and oxygen atoms in total. The number of nitrogens with zero attached hydrogens (tertiary/aromatic N) is 3. The summed E-state index contributed by atoms with van der Waals surface area (Å²) in [5, 5.41) is 4.58. The molecule has 4 aromatic rings. The van der Waals surface area contributed by atoms with Gasteiger partial charge in [0.05, 0.1) is 18.7 Å². The Bertz CT molecular complexity index is 1610. The van der Waals surface area contributed by atoms with Gasteiger partial charge in [-0.25, -0.2) is 18.6 Å².